The Kier molecular flexibility index (Phi) is 4.57. The van der Waals surface area contributed by atoms with Gasteiger partial charge in [-0.05, 0) is 18.4 Å². The van der Waals surface area contributed by atoms with E-state index in [9.17, 15) is 4.79 Å². The Balaban J connectivity index is 1.46. The SMILES string of the molecule is NC(=O)C1=CN2CC3N(CCCN3OCc3ccccc3)CC2=CC1. The molecule has 1 amide bonds. The maximum absolute atomic E-state index is 11.5. The molecule has 132 valence electrons. The van der Waals surface area contributed by atoms with Crippen molar-refractivity contribution in [3.63, 3.8) is 0 Å². The zero-order valence-corrected chi connectivity index (χ0v) is 14.3. The normalized spacial score (nSPS) is 24.2. The molecule has 1 unspecified atom stereocenters. The summed E-state index contributed by atoms with van der Waals surface area (Å²) in [4.78, 5) is 22.2. The molecule has 3 aliphatic rings. The van der Waals surface area contributed by atoms with Gasteiger partial charge in [-0.2, -0.15) is 5.06 Å². The van der Waals surface area contributed by atoms with E-state index in [0.717, 1.165) is 32.6 Å². The molecular formula is C19H24N4O2. The summed E-state index contributed by atoms with van der Waals surface area (Å²) in [5, 5.41) is 2.10. The number of nitrogens with two attached hydrogens (primary N) is 1. The average molecular weight is 340 g/mol. The monoisotopic (exact) mass is 340 g/mol. The Labute approximate surface area is 148 Å². The molecule has 1 aromatic rings. The lowest BCUT2D eigenvalue weighted by atomic mass is 10.0. The van der Waals surface area contributed by atoms with E-state index in [1.807, 2.05) is 24.4 Å². The third-order valence-corrected chi connectivity index (χ3v) is 5.10. The molecule has 0 spiro atoms. The molecule has 2 fully saturated rings. The molecular weight excluding hydrogens is 316 g/mol. The number of primary amides is 1. The van der Waals surface area contributed by atoms with Gasteiger partial charge in [0, 0.05) is 37.1 Å². The van der Waals surface area contributed by atoms with E-state index in [-0.39, 0.29) is 12.1 Å². The molecule has 0 radical (unpaired) electrons. The molecule has 1 atom stereocenters. The fourth-order valence-corrected chi connectivity index (χ4v) is 3.73. The lowest BCUT2D eigenvalue weighted by molar-refractivity contribution is -0.248. The van der Waals surface area contributed by atoms with E-state index < -0.39 is 0 Å². The van der Waals surface area contributed by atoms with Crippen LogP contribution in [-0.4, -0.2) is 53.1 Å². The van der Waals surface area contributed by atoms with E-state index in [0.29, 0.717) is 18.6 Å². The number of hydroxylamine groups is 2. The lowest BCUT2D eigenvalue weighted by Crippen LogP contribution is -2.61. The van der Waals surface area contributed by atoms with Gasteiger partial charge in [-0.15, -0.1) is 0 Å². The predicted octanol–water partition coefficient (Wildman–Crippen LogP) is 1.42. The van der Waals surface area contributed by atoms with Gasteiger partial charge in [0.25, 0.3) is 0 Å². The van der Waals surface area contributed by atoms with E-state index in [2.05, 4.69) is 33.1 Å². The summed E-state index contributed by atoms with van der Waals surface area (Å²) < 4.78 is 0. The van der Waals surface area contributed by atoms with Crippen molar-refractivity contribution in [2.75, 3.05) is 26.2 Å². The van der Waals surface area contributed by atoms with E-state index >= 15 is 0 Å². The highest BCUT2D eigenvalue weighted by atomic mass is 16.7. The number of carbonyl (C=O) groups excluding carboxylic acids is 1. The first-order chi connectivity index (χ1) is 12.2. The number of amides is 1. The number of nitrogens with zero attached hydrogens (tertiary/aromatic N) is 3. The summed E-state index contributed by atoms with van der Waals surface area (Å²) in [6.07, 6.45) is 5.96. The van der Waals surface area contributed by atoms with Gasteiger partial charge in [0.2, 0.25) is 5.91 Å². The van der Waals surface area contributed by atoms with Crippen LogP contribution in [0, 0.1) is 0 Å². The first-order valence-corrected chi connectivity index (χ1v) is 8.84. The molecule has 25 heavy (non-hydrogen) atoms. The van der Waals surface area contributed by atoms with Gasteiger partial charge in [-0.3, -0.25) is 14.5 Å². The van der Waals surface area contributed by atoms with Crippen molar-refractivity contribution in [1.29, 1.82) is 0 Å². The van der Waals surface area contributed by atoms with E-state index in [1.54, 1.807) is 0 Å². The lowest BCUT2D eigenvalue weighted by Gasteiger charge is -2.50. The van der Waals surface area contributed by atoms with Crippen LogP contribution in [0.1, 0.15) is 18.4 Å². The van der Waals surface area contributed by atoms with Crippen molar-refractivity contribution in [3.05, 3.63) is 59.4 Å². The van der Waals surface area contributed by atoms with Crippen molar-refractivity contribution >= 4 is 5.91 Å². The minimum atomic E-state index is -0.335. The highest BCUT2D eigenvalue weighted by Gasteiger charge is 2.37. The number of hydrogen-bond acceptors (Lipinski definition) is 5. The molecule has 4 rings (SSSR count). The van der Waals surface area contributed by atoms with Crippen molar-refractivity contribution in [2.45, 2.75) is 25.6 Å². The Bertz CT molecular complexity index is 701. The number of carbonyl (C=O) groups is 1. The third kappa shape index (κ3) is 3.46. The smallest absolute Gasteiger partial charge is 0.246 e. The Morgan fingerprint density at radius 1 is 1.24 bits per heavy atom. The van der Waals surface area contributed by atoms with Crippen molar-refractivity contribution in [3.8, 4) is 0 Å². The van der Waals surface area contributed by atoms with Crippen LogP contribution in [0.15, 0.2) is 53.9 Å². The second-order valence-electron chi connectivity index (χ2n) is 6.77. The van der Waals surface area contributed by atoms with Crippen molar-refractivity contribution in [2.24, 2.45) is 5.73 Å². The molecule has 3 heterocycles. The van der Waals surface area contributed by atoms with Crippen LogP contribution in [0.4, 0.5) is 0 Å². The summed E-state index contributed by atoms with van der Waals surface area (Å²) in [5.41, 5.74) is 8.55. The summed E-state index contributed by atoms with van der Waals surface area (Å²) in [6.45, 7) is 4.26. The summed E-state index contributed by atoms with van der Waals surface area (Å²) in [5.74, 6) is -0.335. The molecule has 0 aromatic heterocycles. The number of piperazine rings is 1. The molecule has 3 aliphatic heterocycles. The molecule has 0 aliphatic carbocycles. The highest BCUT2D eigenvalue weighted by molar-refractivity contribution is 5.92. The van der Waals surface area contributed by atoms with Crippen molar-refractivity contribution < 1.29 is 9.63 Å². The topological polar surface area (TPSA) is 62.0 Å². The van der Waals surface area contributed by atoms with Gasteiger partial charge >= 0.3 is 0 Å². The number of hydrogen-bond donors (Lipinski definition) is 1. The van der Waals surface area contributed by atoms with E-state index in [1.165, 1.54) is 11.3 Å². The average Bonchev–Trinajstić information content (AvgIpc) is 2.65. The molecule has 1 aromatic carbocycles. The maximum atomic E-state index is 11.5. The zero-order chi connectivity index (χ0) is 17.2. The van der Waals surface area contributed by atoms with Crippen LogP contribution in [0.3, 0.4) is 0 Å². The Hall–Kier alpha value is -2.15. The molecule has 0 bridgehead atoms. The second kappa shape index (κ2) is 7.00. The second-order valence-corrected chi connectivity index (χ2v) is 6.77. The maximum Gasteiger partial charge on any atom is 0.246 e. The number of allylic oxidation sites excluding steroid dienone is 1. The quantitative estimate of drug-likeness (QED) is 0.898. The van der Waals surface area contributed by atoms with Gasteiger partial charge in [0.05, 0.1) is 13.2 Å². The van der Waals surface area contributed by atoms with Crippen LogP contribution in [-0.2, 0) is 16.2 Å². The minimum Gasteiger partial charge on any atom is -0.366 e. The molecule has 6 nitrogen and oxygen atoms in total. The molecule has 2 saturated heterocycles. The zero-order valence-electron chi connectivity index (χ0n) is 14.3. The largest absolute Gasteiger partial charge is 0.366 e. The Morgan fingerprint density at radius 2 is 2.08 bits per heavy atom. The fourth-order valence-electron chi connectivity index (χ4n) is 3.73. The van der Waals surface area contributed by atoms with Gasteiger partial charge in [-0.25, -0.2) is 0 Å². The van der Waals surface area contributed by atoms with Crippen LogP contribution in [0.5, 0.6) is 0 Å². The summed E-state index contributed by atoms with van der Waals surface area (Å²) in [6, 6.07) is 10.2. The predicted molar refractivity (Wildman–Crippen MR) is 94.6 cm³/mol. The number of rotatable bonds is 4. The first kappa shape index (κ1) is 16.3. The van der Waals surface area contributed by atoms with Crippen LogP contribution in [0.25, 0.3) is 0 Å². The van der Waals surface area contributed by atoms with Gasteiger partial charge in [0.15, 0.2) is 0 Å². The standard InChI is InChI=1S/C19H24N4O2/c20-19(24)16-7-8-17-12-21-9-4-10-23(18(21)13-22(17)11-16)25-14-15-5-2-1-3-6-15/h1-3,5-6,8,11,18H,4,7,9-10,12-14H2,(H2,20,24). The van der Waals surface area contributed by atoms with Gasteiger partial charge < -0.3 is 10.6 Å². The minimum absolute atomic E-state index is 0.193. The van der Waals surface area contributed by atoms with Gasteiger partial charge in [-0.1, -0.05) is 36.4 Å². The van der Waals surface area contributed by atoms with E-state index in [4.69, 9.17) is 10.6 Å². The Morgan fingerprint density at radius 3 is 2.88 bits per heavy atom. The molecule has 6 heteroatoms. The summed E-state index contributed by atoms with van der Waals surface area (Å²) >= 11 is 0. The van der Waals surface area contributed by atoms with Gasteiger partial charge in [0.1, 0.15) is 6.17 Å². The summed E-state index contributed by atoms with van der Waals surface area (Å²) in [7, 11) is 0. The highest BCUT2D eigenvalue weighted by Crippen LogP contribution is 2.29. The first-order valence-electron chi connectivity index (χ1n) is 8.84. The number of fused-ring (bicyclic) bond motifs is 2. The number of benzene rings is 1. The fraction of sp³-hybridized carbons (Fsp3) is 0.421. The van der Waals surface area contributed by atoms with Crippen LogP contribution in [0.2, 0.25) is 0 Å². The van der Waals surface area contributed by atoms with Crippen molar-refractivity contribution in [1.82, 2.24) is 14.9 Å². The molecule has 2 N–H and O–H groups in total. The van der Waals surface area contributed by atoms with Crippen LogP contribution >= 0.6 is 0 Å². The van der Waals surface area contributed by atoms with Crippen LogP contribution < -0.4 is 5.73 Å². The third-order valence-electron chi connectivity index (χ3n) is 5.10. The molecule has 0 saturated carbocycles.